The average Bonchev–Trinajstić information content (AvgIpc) is 2.33. The molecule has 0 aliphatic rings. The van der Waals surface area contributed by atoms with Crippen LogP contribution >= 0.6 is 0 Å². The molecule has 0 saturated heterocycles. The van der Waals surface area contributed by atoms with Crippen molar-refractivity contribution >= 4 is 12.0 Å². The highest BCUT2D eigenvalue weighted by Gasteiger charge is 2.12. The molecule has 1 aromatic carbocycles. The van der Waals surface area contributed by atoms with Gasteiger partial charge in [0, 0.05) is 8.22 Å². The van der Waals surface area contributed by atoms with Crippen molar-refractivity contribution in [3.8, 4) is 0 Å². The van der Waals surface area contributed by atoms with Crippen LogP contribution in [0.5, 0.6) is 0 Å². The van der Waals surface area contributed by atoms with E-state index in [1.54, 1.807) is 12.1 Å². The second kappa shape index (κ2) is 4.78. The smallest absolute Gasteiger partial charge is 0.310 e. The molecule has 0 heterocycles. The van der Waals surface area contributed by atoms with Crippen LogP contribution in [-0.4, -0.2) is 11.1 Å². The number of aliphatic carboxylic acids is 1. The minimum absolute atomic E-state index is 0.401. The molecule has 0 bridgehead atoms. The van der Waals surface area contributed by atoms with Crippen molar-refractivity contribution in [3.05, 3.63) is 41.0 Å². The second-order valence-electron chi connectivity index (χ2n) is 3.28. The van der Waals surface area contributed by atoms with Gasteiger partial charge in [0.15, 0.2) is 0 Å². The van der Waals surface area contributed by atoms with Gasteiger partial charge < -0.3 is 5.11 Å². The fraction of sp³-hybridized carbons (Fsp3) is 0.308. The summed E-state index contributed by atoms with van der Waals surface area (Å²) >= 11 is 0. The number of carboxylic acids is 1. The standard InChI is InChI=1S/C13H16O2/c1-9(2)8-11-4-6-12(7-5-11)10(3)13(14)15/h4-8,10H,1-3H3,(H,14,15)/t10-/m0/s1/i1D3,2D3. The van der Waals surface area contributed by atoms with Crippen LogP contribution in [0.4, 0.5) is 0 Å². The van der Waals surface area contributed by atoms with Crippen LogP contribution in [0.1, 0.15) is 45.9 Å². The van der Waals surface area contributed by atoms with Crippen LogP contribution < -0.4 is 0 Å². The van der Waals surface area contributed by atoms with E-state index in [0.717, 1.165) is 6.08 Å². The van der Waals surface area contributed by atoms with Crippen LogP contribution in [0.25, 0.3) is 6.08 Å². The Labute approximate surface area is 98.7 Å². The van der Waals surface area contributed by atoms with E-state index in [9.17, 15) is 4.79 Å². The van der Waals surface area contributed by atoms with Crippen molar-refractivity contribution in [2.75, 3.05) is 0 Å². The van der Waals surface area contributed by atoms with Crippen molar-refractivity contribution in [1.29, 1.82) is 0 Å². The maximum atomic E-state index is 10.9. The molecule has 1 N–H and O–H groups in total. The van der Waals surface area contributed by atoms with E-state index in [-0.39, 0.29) is 0 Å². The van der Waals surface area contributed by atoms with Gasteiger partial charge in [-0.05, 0) is 31.8 Å². The van der Waals surface area contributed by atoms with E-state index in [1.807, 2.05) is 0 Å². The fourth-order valence-electron chi connectivity index (χ4n) is 1.19. The molecule has 1 rings (SSSR count). The Balaban J connectivity index is 3.16. The Bertz CT molecular complexity index is 523. The van der Waals surface area contributed by atoms with Gasteiger partial charge in [-0.2, -0.15) is 0 Å². The van der Waals surface area contributed by atoms with Gasteiger partial charge in [0.25, 0.3) is 0 Å². The highest BCUT2D eigenvalue weighted by molar-refractivity contribution is 5.75. The molecular formula is C13H16O2. The Hall–Kier alpha value is -1.57. The minimum Gasteiger partial charge on any atom is -0.481 e. The summed E-state index contributed by atoms with van der Waals surface area (Å²) in [6, 6.07) is 6.10. The molecule has 80 valence electrons. The number of allylic oxidation sites excluding steroid dienone is 1. The number of carboxylic acid groups (broad SMARTS) is 1. The Kier molecular flexibility index (Phi) is 1.75. The van der Waals surface area contributed by atoms with Crippen LogP contribution in [0, 0.1) is 0 Å². The van der Waals surface area contributed by atoms with E-state index in [0.29, 0.717) is 11.1 Å². The van der Waals surface area contributed by atoms with Crippen LogP contribution in [0.3, 0.4) is 0 Å². The molecule has 15 heavy (non-hydrogen) atoms. The molecule has 0 saturated carbocycles. The molecule has 1 atom stereocenters. The summed E-state index contributed by atoms with van der Waals surface area (Å²) in [6.07, 6.45) is 1.11. The third kappa shape index (κ3) is 3.24. The van der Waals surface area contributed by atoms with Crippen LogP contribution in [0.15, 0.2) is 29.8 Å². The van der Waals surface area contributed by atoms with Gasteiger partial charge in [-0.3, -0.25) is 4.79 Å². The largest absolute Gasteiger partial charge is 0.481 e. The summed E-state index contributed by atoms with van der Waals surface area (Å²) in [5.41, 5.74) is 0.344. The summed E-state index contributed by atoms with van der Waals surface area (Å²) in [5, 5.41) is 8.90. The summed E-state index contributed by atoms with van der Waals surface area (Å²) in [7, 11) is 0. The first kappa shape index (κ1) is 5.50. The normalized spacial score (nSPS) is 19.5. The molecule has 2 heteroatoms. The summed E-state index contributed by atoms with van der Waals surface area (Å²) in [6.45, 7) is -3.89. The first-order chi connectivity index (χ1) is 9.43. The van der Waals surface area contributed by atoms with Gasteiger partial charge in [-0.1, -0.05) is 35.9 Å². The third-order valence-corrected chi connectivity index (χ3v) is 2.12. The van der Waals surface area contributed by atoms with Crippen molar-refractivity contribution in [2.45, 2.75) is 26.5 Å². The minimum atomic E-state index is -2.71. The molecular weight excluding hydrogens is 188 g/mol. The predicted octanol–water partition coefficient (Wildman–Crippen LogP) is 3.30. The van der Waals surface area contributed by atoms with Crippen molar-refractivity contribution in [2.24, 2.45) is 0 Å². The van der Waals surface area contributed by atoms with Gasteiger partial charge in [-0.15, -0.1) is 0 Å². The molecule has 0 aliphatic carbocycles. The number of benzene rings is 1. The zero-order valence-corrected chi connectivity index (χ0v) is 8.32. The topological polar surface area (TPSA) is 37.3 Å². The van der Waals surface area contributed by atoms with Gasteiger partial charge in [0.1, 0.15) is 0 Å². The maximum absolute atomic E-state index is 10.9. The molecule has 0 radical (unpaired) electrons. The van der Waals surface area contributed by atoms with E-state index >= 15 is 0 Å². The fourth-order valence-corrected chi connectivity index (χ4v) is 1.19. The Morgan fingerprint density at radius 2 is 2.00 bits per heavy atom. The van der Waals surface area contributed by atoms with E-state index in [4.69, 9.17) is 13.3 Å². The quantitative estimate of drug-likeness (QED) is 0.831. The highest BCUT2D eigenvalue weighted by atomic mass is 16.4. The summed E-state index contributed by atoms with van der Waals surface area (Å²) in [4.78, 5) is 10.9. The lowest BCUT2D eigenvalue weighted by Gasteiger charge is -2.06. The molecule has 0 fully saturated rings. The van der Waals surface area contributed by atoms with E-state index in [1.165, 1.54) is 19.1 Å². The lowest BCUT2D eigenvalue weighted by atomic mass is 10.00. The van der Waals surface area contributed by atoms with Crippen molar-refractivity contribution < 1.29 is 18.1 Å². The zero-order chi connectivity index (χ0) is 16.4. The Morgan fingerprint density at radius 1 is 1.40 bits per heavy atom. The monoisotopic (exact) mass is 210 g/mol. The van der Waals surface area contributed by atoms with Crippen LogP contribution in [-0.2, 0) is 4.79 Å². The number of hydrogen-bond acceptors (Lipinski definition) is 1. The van der Waals surface area contributed by atoms with E-state index in [2.05, 4.69) is 0 Å². The number of hydrogen-bond donors (Lipinski definition) is 1. The molecule has 0 amide bonds. The van der Waals surface area contributed by atoms with Crippen molar-refractivity contribution in [3.63, 3.8) is 0 Å². The van der Waals surface area contributed by atoms with Crippen molar-refractivity contribution in [1.82, 2.24) is 0 Å². The predicted molar refractivity (Wildman–Crippen MR) is 61.8 cm³/mol. The zero-order valence-electron chi connectivity index (χ0n) is 14.3. The molecule has 0 unspecified atom stereocenters. The van der Waals surface area contributed by atoms with Gasteiger partial charge in [-0.25, -0.2) is 0 Å². The Morgan fingerprint density at radius 3 is 2.47 bits per heavy atom. The third-order valence-electron chi connectivity index (χ3n) is 2.12. The summed E-state index contributed by atoms with van der Waals surface area (Å²) in [5.74, 6) is -1.66. The molecule has 0 aromatic heterocycles. The SMILES string of the molecule is [2H]C([2H])([2H])C(=Cc1ccc([C@H](C)C(=O)O)cc1)C([2H])([2H])[2H]. The molecule has 0 aliphatic heterocycles. The molecule has 1 aromatic rings. The molecule has 2 nitrogen and oxygen atoms in total. The lowest BCUT2D eigenvalue weighted by molar-refractivity contribution is -0.138. The van der Waals surface area contributed by atoms with E-state index < -0.39 is 31.2 Å². The lowest BCUT2D eigenvalue weighted by Crippen LogP contribution is -2.06. The first-order valence-electron chi connectivity index (χ1n) is 7.48. The highest BCUT2D eigenvalue weighted by Crippen LogP contribution is 2.17. The second-order valence-corrected chi connectivity index (χ2v) is 3.28. The number of carbonyl (C=O) groups is 1. The van der Waals surface area contributed by atoms with Gasteiger partial charge in [0.05, 0.1) is 5.92 Å². The first-order valence-corrected chi connectivity index (χ1v) is 4.48. The number of rotatable bonds is 3. The molecule has 0 spiro atoms. The van der Waals surface area contributed by atoms with Gasteiger partial charge in [0.2, 0.25) is 0 Å². The average molecular weight is 210 g/mol. The van der Waals surface area contributed by atoms with Crippen LogP contribution in [0.2, 0.25) is 0 Å². The van der Waals surface area contributed by atoms with Gasteiger partial charge >= 0.3 is 5.97 Å². The summed E-state index contributed by atoms with van der Waals surface area (Å²) < 4.78 is 43.7. The maximum Gasteiger partial charge on any atom is 0.310 e.